The third-order valence-corrected chi connectivity index (χ3v) is 3.07. The van der Waals surface area contributed by atoms with Crippen molar-refractivity contribution in [2.24, 2.45) is 11.8 Å². The van der Waals surface area contributed by atoms with Crippen LogP contribution in [0.3, 0.4) is 0 Å². The molecule has 112 valence electrons. The van der Waals surface area contributed by atoms with Crippen LogP contribution in [-0.4, -0.2) is 29.2 Å². The minimum absolute atomic E-state index is 0.0501. The molecule has 5 heteroatoms. The van der Waals surface area contributed by atoms with Crippen molar-refractivity contribution in [3.63, 3.8) is 0 Å². The Labute approximate surface area is 116 Å². The quantitative estimate of drug-likeness (QED) is 0.635. The molecule has 0 aromatic carbocycles. The summed E-state index contributed by atoms with van der Waals surface area (Å²) in [7, 11) is 0. The fraction of sp³-hybridized carbons (Fsp3) is 0.857. The normalized spacial score (nSPS) is 14.3. The van der Waals surface area contributed by atoms with Crippen LogP contribution in [0.2, 0.25) is 0 Å². The van der Waals surface area contributed by atoms with Gasteiger partial charge in [0.2, 0.25) is 0 Å². The van der Waals surface area contributed by atoms with Gasteiger partial charge in [-0.25, -0.2) is 4.79 Å². The van der Waals surface area contributed by atoms with E-state index >= 15 is 0 Å². The van der Waals surface area contributed by atoms with E-state index in [0.717, 1.165) is 12.8 Å². The Balaban J connectivity index is 4.15. The van der Waals surface area contributed by atoms with E-state index in [1.54, 1.807) is 0 Å². The van der Waals surface area contributed by atoms with Gasteiger partial charge in [-0.1, -0.05) is 27.7 Å². The highest BCUT2D eigenvalue weighted by atomic mass is 16.4. The summed E-state index contributed by atoms with van der Waals surface area (Å²) in [5.74, 6) is -0.192. The van der Waals surface area contributed by atoms with Crippen LogP contribution >= 0.6 is 0 Å². The fourth-order valence-corrected chi connectivity index (χ4v) is 1.73. The van der Waals surface area contributed by atoms with E-state index < -0.39 is 5.97 Å². The predicted molar refractivity (Wildman–Crippen MR) is 76.1 cm³/mol. The lowest BCUT2D eigenvalue weighted by molar-refractivity contribution is -0.137. The first-order chi connectivity index (χ1) is 8.72. The van der Waals surface area contributed by atoms with Crippen LogP contribution in [0.25, 0.3) is 0 Å². The van der Waals surface area contributed by atoms with Gasteiger partial charge in [0, 0.05) is 12.1 Å². The molecule has 0 heterocycles. The van der Waals surface area contributed by atoms with Crippen LogP contribution in [0.1, 0.15) is 53.9 Å². The summed E-state index contributed by atoms with van der Waals surface area (Å²) < 4.78 is 0. The summed E-state index contributed by atoms with van der Waals surface area (Å²) in [5.41, 5.74) is 0. The van der Waals surface area contributed by atoms with Crippen molar-refractivity contribution in [2.45, 2.75) is 66.0 Å². The largest absolute Gasteiger partial charge is 0.481 e. The number of aliphatic carboxylic acids is 1. The van der Waals surface area contributed by atoms with Crippen LogP contribution in [0.5, 0.6) is 0 Å². The third kappa shape index (κ3) is 9.33. The molecule has 0 aromatic rings. The Morgan fingerprint density at radius 2 is 1.58 bits per heavy atom. The molecule has 0 saturated carbocycles. The van der Waals surface area contributed by atoms with Crippen molar-refractivity contribution < 1.29 is 14.7 Å². The van der Waals surface area contributed by atoms with Crippen molar-refractivity contribution in [1.82, 2.24) is 10.6 Å². The number of hydrogen-bond acceptors (Lipinski definition) is 2. The van der Waals surface area contributed by atoms with Crippen molar-refractivity contribution in [3.8, 4) is 0 Å². The van der Waals surface area contributed by atoms with Gasteiger partial charge < -0.3 is 15.7 Å². The highest BCUT2D eigenvalue weighted by Crippen LogP contribution is 2.08. The molecule has 2 unspecified atom stereocenters. The monoisotopic (exact) mass is 272 g/mol. The Bertz CT molecular complexity index is 290. The number of carbonyl (C=O) groups excluding carboxylic acids is 1. The number of urea groups is 1. The first kappa shape index (κ1) is 17.7. The molecule has 0 fully saturated rings. The summed E-state index contributed by atoms with van der Waals surface area (Å²) in [6.45, 7) is 10.1. The number of carbonyl (C=O) groups is 2. The van der Waals surface area contributed by atoms with E-state index in [4.69, 9.17) is 5.11 Å². The van der Waals surface area contributed by atoms with Crippen LogP contribution in [0, 0.1) is 11.8 Å². The molecule has 2 amide bonds. The Morgan fingerprint density at radius 1 is 1.00 bits per heavy atom. The zero-order valence-electron chi connectivity index (χ0n) is 12.7. The number of rotatable bonds is 8. The number of nitrogens with one attached hydrogen (secondary N) is 2. The van der Waals surface area contributed by atoms with Gasteiger partial charge >= 0.3 is 12.0 Å². The summed E-state index contributed by atoms with van der Waals surface area (Å²) in [6.07, 6.45) is 1.94. The maximum atomic E-state index is 11.8. The van der Waals surface area contributed by atoms with Crippen LogP contribution in [0.15, 0.2) is 0 Å². The lowest BCUT2D eigenvalue weighted by Gasteiger charge is -2.22. The number of carboxylic acid groups (broad SMARTS) is 1. The number of hydrogen-bond donors (Lipinski definition) is 3. The van der Waals surface area contributed by atoms with Gasteiger partial charge in [-0.2, -0.15) is 0 Å². The first-order valence-corrected chi connectivity index (χ1v) is 7.01. The Morgan fingerprint density at radius 3 is 2.00 bits per heavy atom. The van der Waals surface area contributed by atoms with E-state index in [1.807, 2.05) is 20.8 Å². The van der Waals surface area contributed by atoms with Gasteiger partial charge in [0.15, 0.2) is 0 Å². The van der Waals surface area contributed by atoms with Gasteiger partial charge in [-0.05, 0) is 31.6 Å². The smallest absolute Gasteiger partial charge is 0.315 e. The molecule has 0 aliphatic heterocycles. The molecule has 5 nitrogen and oxygen atoms in total. The zero-order chi connectivity index (χ0) is 15.0. The molecular weight excluding hydrogens is 244 g/mol. The highest BCUT2D eigenvalue weighted by molar-refractivity contribution is 5.76. The second-order valence-corrected chi connectivity index (χ2v) is 5.94. The number of amides is 2. The van der Waals surface area contributed by atoms with Crippen molar-refractivity contribution in [1.29, 1.82) is 0 Å². The molecule has 0 saturated heterocycles. The molecule has 0 radical (unpaired) electrons. The van der Waals surface area contributed by atoms with E-state index in [-0.39, 0.29) is 30.5 Å². The highest BCUT2D eigenvalue weighted by Gasteiger charge is 2.20. The molecule has 0 aromatic heterocycles. The molecule has 0 spiro atoms. The second-order valence-electron chi connectivity index (χ2n) is 5.94. The summed E-state index contributed by atoms with van der Waals surface area (Å²) in [5, 5.41) is 14.4. The van der Waals surface area contributed by atoms with Crippen molar-refractivity contribution >= 4 is 12.0 Å². The van der Waals surface area contributed by atoms with Gasteiger partial charge in [-0.3, -0.25) is 4.79 Å². The summed E-state index contributed by atoms with van der Waals surface area (Å²) in [4.78, 5) is 22.5. The van der Waals surface area contributed by atoms with Crippen LogP contribution in [0.4, 0.5) is 4.79 Å². The van der Waals surface area contributed by atoms with E-state index in [2.05, 4.69) is 24.5 Å². The second kappa shape index (κ2) is 8.77. The fourth-order valence-electron chi connectivity index (χ4n) is 1.73. The van der Waals surface area contributed by atoms with Crippen molar-refractivity contribution in [3.05, 3.63) is 0 Å². The summed E-state index contributed by atoms with van der Waals surface area (Å²) in [6, 6.07) is -0.522. The van der Waals surface area contributed by atoms with Gasteiger partial charge in [0.25, 0.3) is 0 Å². The van der Waals surface area contributed by atoms with Crippen molar-refractivity contribution in [2.75, 3.05) is 0 Å². The number of carboxylic acids is 1. The molecular formula is C14H28N2O3. The summed E-state index contributed by atoms with van der Waals surface area (Å²) >= 11 is 0. The molecule has 0 rings (SSSR count). The van der Waals surface area contributed by atoms with Gasteiger partial charge in [0.1, 0.15) is 0 Å². The van der Waals surface area contributed by atoms with E-state index in [1.165, 1.54) is 0 Å². The minimum Gasteiger partial charge on any atom is -0.481 e. The van der Waals surface area contributed by atoms with Gasteiger partial charge in [0.05, 0.1) is 6.42 Å². The minimum atomic E-state index is -0.896. The third-order valence-electron chi connectivity index (χ3n) is 3.07. The standard InChI is InChI=1S/C14H28N2O3/c1-9(2)6-7-11(5)15-14(19)16-12(10(3)4)8-13(17)18/h9-12H,6-8H2,1-5H3,(H,17,18)(H2,15,16,19). The topological polar surface area (TPSA) is 78.4 Å². The lowest BCUT2D eigenvalue weighted by Crippen LogP contribution is -2.48. The van der Waals surface area contributed by atoms with Crippen LogP contribution < -0.4 is 10.6 Å². The average molecular weight is 272 g/mol. The first-order valence-electron chi connectivity index (χ1n) is 7.01. The molecule has 0 bridgehead atoms. The molecule has 3 N–H and O–H groups in total. The molecule has 19 heavy (non-hydrogen) atoms. The molecule has 0 aliphatic rings. The van der Waals surface area contributed by atoms with Gasteiger partial charge in [-0.15, -0.1) is 0 Å². The van der Waals surface area contributed by atoms with Crippen LogP contribution in [-0.2, 0) is 4.79 Å². The Hall–Kier alpha value is -1.26. The molecule has 0 aliphatic carbocycles. The maximum absolute atomic E-state index is 11.8. The maximum Gasteiger partial charge on any atom is 0.315 e. The zero-order valence-corrected chi connectivity index (χ0v) is 12.7. The SMILES string of the molecule is CC(C)CCC(C)NC(=O)NC(CC(=O)O)C(C)C. The van der Waals surface area contributed by atoms with E-state index in [0.29, 0.717) is 5.92 Å². The lowest BCUT2D eigenvalue weighted by atomic mass is 10.0. The Kier molecular flexibility index (Phi) is 8.19. The molecule has 2 atom stereocenters. The van der Waals surface area contributed by atoms with E-state index in [9.17, 15) is 9.59 Å². The predicted octanol–water partition coefficient (Wildman–Crippen LogP) is 2.61. The average Bonchev–Trinajstić information content (AvgIpc) is 2.24.